The molecule has 2 aliphatic rings. The van der Waals surface area contributed by atoms with E-state index in [4.69, 9.17) is 0 Å². The number of hydrogen-bond acceptors (Lipinski definition) is 1. The van der Waals surface area contributed by atoms with Crippen LogP contribution >= 0.6 is 0 Å². The Morgan fingerprint density at radius 2 is 1.70 bits per heavy atom. The molecule has 23 heavy (non-hydrogen) atoms. The molecule has 4 heteroatoms. The summed E-state index contributed by atoms with van der Waals surface area (Å²) in [5, 5.41) is 0. The molecule has 0 aromatic heterocycles. The second-order valence-electron chi connectivity index (χ2n) is 7.16. The Kier molecular flexibility index (Phi) is 9.34. The Morgan fingerprint density at radius 3 is 2.17 bits per heavy atom. The molecule has 0 saturated carbocycles. The van der Waals surface area contributed by atoms with Gasteiger partial charge in [0, 0.05) is 0 Å². The number of nitrogens with zero attached hydrogens (tertiary/aromatic N) is 1. The van der Waals surface area contributed by atoms with Gasteiger partial charge >= 0.3 is 143 Å². The number of halogens is 2. The molecular formula is C19H29Cl2NZr. The van der Waals surface area contributed by atoms with Gasteiger partial charge in [-0.25, -0.2) is 0 Å². The van der Waals surface area contributed by atoms with Crippen LogP contribution in [0.1, 0.15) is 47.5 Å². The van der Waals surface area contributed by atoms with Crippen LogP contribution in [0.5, 0.6) is 0 Å². The first-order chi connectivity index (χ1) is 9.75. The van der Waals surface area contributed by atoms with Gasteiger partial charge in [-0.2, -0.15) is 0 Å². The quantitative estimate of drug-likeness (QED) is 0.532. The van der Waals surface area contributed by atoms with Crippen molar-refractivity contribution in [3.63, 3.8) is 0 Å². The third-order valence-corrected chi connectivity index (χ3v) is 10.3. The maximum absolute atomic E-state index is 2.43. The number of rotatable bonds is 5. The van der Waals surface area contributed by atoms with Gasteiger partial charge in [0.2, 0.25) is 0 Å². The van der Waals surface area contributed by atoms with Crippen LogP contribution in [0.4, 0.5) is 0 Å². The molecule has 0 aromatic carbocycles. The molecule has 0 atom stereocenters. The first-order valence-electron chi connectivity index (χ1n) is 7.95. The topological polar surface area (TPSA) is 3.24 Å². The van der Waals surface area contributed by atoms with Gasteiger partial charge in [0.1, 0.15) is 0 Å². The predicted molar refractivity (Wildman–Crippen MR) is 88.8 cm³/mol. The van der Waals surface area contributed by atoms with E-state index in [0.29, 0.717) is 5.41 Å². The minimum absolute atomic E-state index is 0. The Hall–Kier alpha value is 0.383. The summed E-state index contributed by atoms with van der Waals surface area (Å²) in [4.78, 5) is 2.29. The van der Waals surface area contributed by atoms with Crippen molar-refractivity contribution in [3.05, 3.63) is 41.0 Å². The fourth-order valence-electron chi connectivity index (χ4n) is 3.25. The zero-order valence-corrected chi connectivity index (χ0v) is 19.4. The zero-order chi connectivity index (χ0) is 15.8. The van der Waals surface area contributed by atoms with E-state index in [2.05, 4.69) is 65.8 Å². The minimum Gasteiger partial charge on any atom is -1.00 e. The summed E-state index contributed by atoms with van der Waals surface area (Å²) in [7, 11) is 4.34. The maximum Gasteiger partial charge on any atom is -1.00 e. The molecule has 0 heterocycles. The van der Waals surface area contributed by atoms with Gasteiger partial charge < -0.3 is 24.8 Å². The van der Waals surface area contributed by atoms with E-state index >= 15 is 0 Å². The predicted octanol–water partition coefficient (Wildman–Crippen LogP) is -1.11. The van der Waals surface area contributed by atoms with Crippen LogP contribution < -0.4 is 24.8 Å². The maximum atomic E-state index is 2.43. The van der Waals surface area contributed by atoms with Gasteiger partial charge in [-0.3, -0.25) is 0 Å². The van der Waals surface area contributed by atoms with Crippen molar-refractivity contribution in [2.75, 3.05) is 20.6 Å². The van der Waals surface area contributed by atoms with Crippen molar-refractivity contribution in [3.8, 4) is 0 Å². The largest absolute Gasteiger partial charge is 1.00 e. The summed E-state index contributed by atoms with van der Waals surface area (Å²) < 4.78 is 3.62. The molecule has 128 valence electrons. The van der Waals surface area contributed by atoms with Gasteiger partial charge in [0.25, 0.3) is 0 Å². The van der Waals surface area contributed by atoms with Crippen LogP contribution in [-0.4, -0.2) is 25.5 Å². The molecule has 0 saturated heterocycles. The van der Waals surface area contributed by atoms with E-state index in [1.165, 1.54) is 19.4 Å². The summed E-state index contributed by atoms with van der Waals surface area (Å²) in [5.74, 6) is 0. The second kappa shape index (κ2) is 9.18. The van der Waals surface area contributed by atoms with Crippen LogP contribution in [-0.2, 0) is 23.2 Å². The van der Waals surface area contributed by atoms with Gasteiger partial charge in [0.15, 0.2) is 0 Å². The average molecular weight is 434 g/mol. The van der Waals surface area contributed by atoms with Crippen LogP contribution in [0.2, 0.25) is 0 Å². The molecule has 0 radical (unpaired) electrons. The molecular weight excluding hydrogens is 404 g/mol. The van der Waals surface area contributed by atoms with Crippen LogP contribution in [0.25, 0.3) is 0 Å². The SMILES string of the molecule is CC1=C(C)C(C)(C)[C]([Zr+2][C]2=C(CCN(C)C)C=CC2)=C1C.[Cl-].[Cl-]. The first kappa shape index (κ1) is 23.4. The Labute approximate surface area is 166 Å². The summed E-state index contributed by atoms with van der Waals surface area (Å²) in [6.07, 6.45) is 7.22. The normalized spacial score (nSPS) is 19.3. The molecule has 0 N–H and O–H groups in total. The number of hydrogen-bond donors (Lipinski definition) is 0. The van der Waals surface area contributed by atoms with Gasteiger partial charge in [-0.1, -0.05) is 0 Å². The fraction of sp³-hybridized carbons (Fsp3) is 0.579. The Morgan fingerprint density at radius 1 is 1.09 bits per heavy atom. The Bertz CT molecular complexity index is 566. The van der Waals surface area contributed by atoms with E-state index in [-0.39, 0.29) is 24.8 Å². The van der Waals surface area contributed by atoms with Crippen molar-refractivity contribution >= 4 is 0 Å². The standard InChI is InChI=1S/C10H15.C9H14N.2ClH.Zr/c1-7-6-10(4,5)9(3)8(7)2;1-10(2)8-7-9-5-3-4-6-9;;;/h1-5H3;3,5H,4,7-8H2,1-2H3;2*1H;/q;;;;+2/p-2. The van der Waals surface area contributed by atoms with Crippen LogP contribution in [0.3, 0.4) is 0 Å². The molecule has 0 aromatic rings. The van der Waals surface area contributed by atoms with Crippen LogP contribution in [0, 0.1) is 5.41 Å². The molecule has 1 nitrogen and oxygen atoms in total. The fourth-order valence-corrected chi connectivity index (χ4v) is 7.59. The molecule has 0 aliphatic heterocycles. The second-order valence-corrected chi connectivity index (χ2v) is 10.5. The van der Waals surface area contributed by atoms with Crippen molar-refractivity contribution in [2.45, 2.75) is 47.5 Å². The van der Waals surface area contributed by atoms with Crippen molar-refractivity contribution < 1.29 is 48.0 Å². The third kappa shape index (κ3) is 4.94. The van der Waals surface area contributed by atoms with Crippen molar-refractivity contribution in [2.24, 2.45) is 5.41 Å². The molecule has 0 unspecified atom stereocenters. The van der Waals surface area contributed by atoms with E-state index in [9.17, 15) is 0 Å². The zero-order valence-electron chi connectivity index (χ0n) is 15.5. The molecule has 0 spiro atoms. The Balaban J connectivity index is 0.00000242. The molecule has 0 bridgehead atoms. The van der Waals surface area contributed by atoms with Crippen LogP contribution in [0.15, 0.2) is 41.0 Å². The molecule has 2 rings (SSSR count). The van der Waals surface area contributed by atoms with E-state index < -0.39 is 23.2 Å². The summed E-state index contributed by atoms with van der Waals surface area (Å²) in [5.41, 5.74) is 6.71. The van der Waals surface area contributed by atoms with Crippen molar-refractivity contribution in [1.82, 2.24) is 4.90 Å². The average Bonchev–Trinajstić information content (AvgIpc) is 2.91. The van der Waals surface area contributed by atoms with E-state index in [1.807, 2.05) is 6.56 Å². The molecule has 2 aliphatic carbocycles. The van der Waals surface area contributed by atoms with E-state index in [1.54, 1.807) is 22.3 Å². The summed E-state index contributed by atoms with van der Waals surface area (Å²) in [6, 6.07) is 0. The van der Waals surface area contributed by atoms with Gasteiger partial charge in [-0.15, -0.1) is 0 Å². The first-order valence-corrected chi connectivity index (χ1v) is 10.4. The van der Waals surface area contributed by atoms with E-state index in [0.717, 1.165) is 0 Å². The third-order valence-electron chi connectivity index (χ3n) is 5.20. The minimum atomic E-state index is -0.634. The van der Waals surface area contributed by atoms with Gasteiger partial charge in [-0.05, 0) is 0 Å². The molecule has 0 fully saturated rings. The summed E-state index contributed by atoms with van der Waals surface area (Å²) >= 11 is -0.634. The monoisotopic (exact) mass is 431 g/mol. The summed E-state index contributed by atoms with van der Waals surface area (Å²) in [6.45, 7) is 13.0. The van der Waals surface area contributed by atoms with Crippen molar-refractivity contribution in [1.29, 1.82) is 0 Å². The number of allylic oxidation sites excluding steroid dienone is 7. The van der Waals surface area contributed by atoms with Gasteiger partial charge in [0.05, 0.1) is 0 Å². The molecule has 0 amide bonds. The smallest absolute Gasteiger partial charge is 1.00 e.